The summed E-state index contributed by atoms with van der Waals surface area (Å²) in [6.45, 7) is 9.07. The van der Waals surface area contributed by atoms with Gasteiger partial charge >= 0.3 is 0 Å². The average Bonchev–Trinajstić information content (AvgIpc) is 2.31. The number of methoxy groups -OCH3 is 1. The van der Waals surface area contributed by atoms with Crippen LogP contribution in [0.15, 0.2) is 12.1 Å². The number of aryl methyl sites for hydroxylation is 2. The molecule has 1 aromatic rings. The molecule has 0 aromatic heterocycles. The van der Waals surface area contributed by atoms with Crippen molar-refractivity contribution in [2.45, 2.75) is 33.7 Å². The predicted molar refractivity (Wildman–Crippen MR) is 76.8 cm³/mol. The Hall–Kier alpha value is -1.06. The Kier molecular flexibility index (Phi) is 5.17. The van der Waals surface area contributed by atoms with E-state index >= 15 is 0 Å². The molecule has 0 aliphatic heterocycles. The van der Waals surface area contributed by atoms with Gasteiger partial charge in [0.2, 0.25) is 0 Å². The van der Waals surface area contributed by atoms with Crippen LogP contribution in [-0.2, 0) is 0 Å². The van der Waals surface area contributed by atoms with E-state index in [0.717, 1.165) is 11.3 Å². The standard InChI is InChI=1S/C15H26N2O/c1-9(2)13(8-16)15(17)12-6-11(4)14(18-5)7-10(12)3/h6-7,9,13,15H,8,16-17H2,1-5H3. The van der Waals surface area contributed by atoms with Gasteiger partial charge in [-0.2, -0.15) is 0 Å². The summed E-state index contributed by atoms with van der Waals surface area (Å²) in [7, 11) is 1.69. The highest BCUT2D eigenvalue weighted by molar-refractivity contribution is 5.43. The third kappa shape index (κ3) is 3.03. The number of benzene rings is 1. The van der Waals surface area contributed by atoms with Crippen LogP contribution < -0.4 is 16.2 Å². The molecular formula is C15H26N2O. The maximum Gasteiger partial charge on any atom is 0.122 e. The number of hydrogen-bond acceptors (Lipinski definition) is 3. The van der Waals surface area contributed by atoms with E-state index in [0.29, 0.717) is 18.4 Å². The first kappa shape index (κ1) is 15.0. The summed E-state index contributed by atoms with van der Waals surface area (Å²) < 4.78 is 5.33. The van der Waals surface area contributed by atoms with Crippen LogP contribution in [0.4, 0.5) is 0 Å². The second kappa shape index (κ2) is 6.21. The summed E-state index contributed by atoms with van der Waals surface area (Å²) in [6.07, 6.45) is 0. The quantitative estimate of drug-likeness (QED) is 0.844. The largest absolute Gasteiger partial charge is 0.496 e. The minimum Gasteiger partial charge on any atom is -0.496 e. The zero-order valence-electron chi connectivity index (χ0n) is 12.2. The Morgan fingerprint density at radius 2 is 1.78 bits per heavy atom. The highest BCUT2D eigenvalue weighted by Gasteiger charge is 2.23. The molecule has 1 rings (SSSR count). The molecule has 0 spiro atoms. The van der Waals surface area contributed by atoms with Crippen molar-refractivity contribution in [1.82, 2.24) is 0 Å². The number of rotatable bonds is 5. The van der Waals surface area contributed by atoms with Crippen LogP contribution in [0.1, 0.15) is 36.6 Å². The van der Waals surface area contributed by atoms with Gasteiger partial charge in [0.05, 0.1) is 7.11 Å². The normalized spacial score (nSPS) is 14.7. The molecular weight excluding hydrogens is 224 g/mol. The Morgan fingerprint density at radius 1 is 1.17 bits per heavy atom. The molecule has 0 aliphatic carbocycles. The molecule has 0 amide bonds. The van der Waals surface area contributed by atoms with Crippen LogP contribution >= 0.6 is 0 Å². The summed E-state index contributed by atoms with van der Waals surface area (Å²) in [5.74, 6) is 1.69. The predicted octanol–water partition coefficient (Wildman–Crippen LogP) is 2.54. The van der Waals surface area contributed by atoms with Crippen LogP contribution in [0.5, 0.6) is 5.75 Å². The third-order valence-electron chi connectivity index (χ3n) is 3.73. The van der Waals surface area contributed by atoms with Crippen LogP contribution in [0.3, 0.4) is 0 Å². The minimum absolute atomic E-state index is 0.0143. The van der Waals surface area contributed by atoms with E-state index in [4.69, 9.17) is 16.2 Å². The van der Waals surface area contributed by atoms with Gasteiger partial charge in [0.15, 0.2) is 0 Å². The number of ether oxygens (including phenoxy) is 1. The van der Waals surface area contributed by atoms with Gasteiger partial charge in [-0.3, -0.25) is 0 Å². The van der Waals surface area contributed by atoms with E-state index in [1.165, 1.54) is 11.1 Å². The van der Waals surface area contributed by atoms with Gasteiger partial charge in [0.25, 0.3) is 0 Å². The Bertz CT molecular complexity index is 402. The molecule has 0 bridgehead atoms. The first-order chi connectivity index (χ1) is 8.42. The van der Waals surface area contributed by atoms with Crippen molar-refractivity contribution in [1.29, 1.82) is 0 Å². The SMILES string of the molecule is COc1cc(C)c(C(N)C(CN)C(C)C)cc1C. The zero-order valence-corrected chi connectivity index (χ0v) is 12.2. The van der Waals surface area contributed by atoms with Crippen LogP contribution in [-0.4, -0.2) is 13.7 Å². The fraction of sp³-hybridized carbons (Fsp3) is 0.600. The topological polar surface area (TPSA) is 61.3 Å². The molecule has 1 aromatic carbocycles. The molecule has 0 heterocycles. The molecule has 3 nitrogen and oxygen atoms in total. The molecule has 0 saturated carbocycles. The van der Waals surface area contributed by atoms with E-state index < -0.39 is 0 Å². The van der Waals surface area contributed by atoms with Crippen molar-refractivity contribution < 1.29 is 4.74 Å². The Labute approximate surface area is 111 Å². The Balaban J connectivity index is 3.13. The van der Waals surface area contributed by atoms with Crippen molar-refractivity contribution in [3.8, 4) is 5.75 Å². The van der Waals surface area contributed by atoms with Gasteiger partial charge in [-0.25, -0.2) is 0 Å². The van der Waals surface area contributed by atoms with Gasteiger partial charge in [-0.1, -0.05) is 19.9 Å². The van der Waals surface area contributed by atoms with Crippen molar-refractivity contribution in [2.24, 2.45) is 23.3 Å². The van der Waals surface area contributed by atoms with Crippen molar-refractivity contribution in [3.05, 3.63) is 28.8 Å². The molecule has 18 heavy (non-hydrogen) atoms. The lowest BCUT2D eigenvalue weighted by atomic mass is 9.83. The highest BCUT2D eigenvalue weighted by atomic mass is 16.5. The number of hydrogen-bond donors (Lipinski definition) is 2. The lowest BCUT2D eigenvalue weighted by Crippen LogP contribution is -2.32. The summed E-state index contributed by atoms with van der Waals surface area (Å²) in [5.41, 5.74) is 15.7. The number of nitrogens with two attached hydrogens (primary N) is 2. The molecule has 2 unspecified atom stereocenters. The molecule has 0 saturated heterocycles. The van der Waals surface area contributed by atoms with Gasteiger partial charge < -0.3 is 16.2 Å². The second-order valence-electron chi connectivity index (χ2n) is 5.35. The highest BCUT2D eigenvalue weighted by Crippen LogP contribution is 2.31. The molecule has 0 fully saturated rings. The lowest BCUT2D eigenvalue weighted by Gasteiger charge is -2.28. The molecule has 3 heteroatoms. The van der Waals surface area contributed by atoms with Crippen LogP contribution in [0.2, 0.25) is 0 Å². The molecule has 2 atom stereocenters. The summed E-state index contributed by atoms with van der Waals surface area (Å²) in [6, 6.07) is 4.17. The van der Waals surface area contributed by atoms with Gasteiger partial charge in [0, 0.05) is 6.04 Å². The summed E-state index contributed by atoms with van der Waals surface area (Å²) in [4.78, 5) is 0. The summed E-state index contributed by atoms with van der Waals surface area (Å²) >= 11 is 0. The molecule has 0 aliphatic rings. The monoisotopic (exact) mass is 250 g/mol. The smallest absolute Gasteiger partial charge is 0.122 e. The van der Waals surface area contributed by atoms with E-state index in [2.05, 4.69) is 32.9 Å². The first-order valence-electron chi connectivity index (χ1n) is 6.53. The van der Waals surface area contributed by atoms with Crippen LogP contribution in [0, 0.1) is 25.7 Å². The fourth-order valence-corrected chi connectivity index (χ4v) is 2.46. The molecule has 102 valence electrons. The van der Waals surface area contributed by atoms with Crippen molar-refractivity contribution in [3.63, 3.8) is 0 Å². The maximum atomic E-state index is 6.39. The van der Waals surface area contributed by atoms with Gasteiger partial charge in [-0.05, 0) is 55.0 Å². The lowest BCUT2D eigenvalue weighted by molar-refractivity contribution is 0.330. The van der Waals surface area contributed by atoms with Crippen LogP contribution in [0.25, 0.3) is 0 Å². The van der Waals surface area contributed by atoms with E-state index in [-0.39, 0.29) is 6.04 Å². The third-order valence-corrected chi connectivity index (χ3v) is 3.73. The minimum atomic E-state index is -0.0143. The maximum absolute atomic E-state index is 6.39. The second-order valence-corrected chi connectivity index (χ2v) is 5.35. The van der Waals surface area contributed by atoms with Crippen molar-refractivity contribution >= 4 is 0 Å². The average molecular weight is 250 g/mol. The van der Waals surface area contributed by atoms with Gasteiger partial charge in [-0.15, -0.1) is 0 Å². The summed E-state index contributed by atoms with van der Waals surface area (Å²) in [5, 5.41) is 0. The van der Waals surface area contributed by atoms with Gasteiger partial charge in [0.1, 0.15) is 5.75 Å². The van der Waals surface area contributed by atoms with E-state index in [1.807, 2.05) is 6.92 Å². The first-order valence-corrected chi connectivity index (χ1v) is 6.53. The van der Waals surface area contributed by atoms with E-state index in [1.54, 1.807) is 7.11 Å². The zero-order chi connectivity index (χ0) is 13.9. The Morgan fingerprint density at radius 3 is 2.22 bits per heavy atom. The molecule has 0 radical (unpaired) electrons. The van der Waals surface area contributed by atoms with Crippen molar-refractivity contribution in [2.75, 3.05) is 13.7 Å². The molecule has 4 N–H and O–H groups in total. The van der Waals surface area contributed by atoms with E-state index in [9.17, 15) is 0 Å². The fourth-order valence-electron chi connectivity index (χ4n) is 2.46.